The van der Waals surface area contributed by atoms with Gasteiger partial charge in [-0.2, -0.15) is 0 Å². The van der Waals surface area contributed by atoms with E-state index in [0.29, 0.717) is 36.0 Å². The second-order valence-electron chi connectivity index (χ2n) is 7.43. The zero-order valence-electron chi connectivity index (χ0n) is 17.5. The minimum Gasteiger partial charge on any atom is -0.495 e. The predicted octanol–water partition coefficient (Wildman–Crippen LogP) is 4.15. The summed E-state index contributed by atoms with van der Waals surface area (Å²) in [5.41, 5.74) is 8.10. The first-order chi connectivity index (χ1) is 14.6. The maximum atomic E-state index is 6.12. The van der Waals surface area contributed by atoms with Crippen LogP contribution in [0.2, 0.25) is 5.02 Å². The zero-order chi connectivity index (χ0) is 21.2. The summed E-state index contributed by atoms with van der Waals surface area (Å²) in [4.78, 5) is 6.85. The number of aliphatic imine (C=N–C) groups is 1. The summed E-state index contributed by atoms with van der Waals surface area (Å²) in [5.74, 6) is 0.992. The Morgan fingerprint density at radius 3 is 2.67 bits per heavy atom. The lowest BCUT2D eigenvalue weighted by atomic mass is 10.1. The maximum absolute atomic E-state index is 6.12. The molecule has 2 aromatic carbocycles. The molecule has 1 fully saturated rings. The van der Waals surface area contributed by atoms with Gasteiger partial charge in [0.05, 0.1) is 18.2 Å². The van der Waals surface area contributed by atoms with E-state index in [0.717, 1.165) is 44.6 Å². The normalized spacial score (nSPS) is 15.9. The van der Waals surface area contributed by atoms with Crippen LogP contribution >= 0.6 is 11.6 Å². The topological polar surface area (TPSA) is 72.1 Å². The summed E-state index contributed by atoms with van der Waals surface area (Å²) in [5, 5.41) is 3.57. The van der Waals surface area contributed by atoms with Crippen molar-refractivity contribution < 1.29 is 9.47 Å². The van der Waals surface area contributed by atoms with Crippen molar-refractivity contribution in [1.82, 2.24) is 4.90 Å². The lowest BCUT2D eigenvalue weighted by molar-refractivity contribution is 0.00566. The Kier molecular flexibility index (Phi) is 8.81. The summed E-state index contributed by atoms with van der Waals surface area (Å²) >= 11 is 6.12. The number of hydrogen-bond acceptors (Lipinski definition) is 4. The third kappa shape index (κ3) is 7.20. The van der Waals surface area contributed by atoms with Gasteiger partial charge in [-0.05, 0) is 43.0 Å². The Bertz CT molecular complexity index is 808. The SMILES string of the molecule is COc1ccc(NC(N)=NCCCOC2CCN(Cc3ccccc3)CC2)cc1Cl. The summed E-state index contributed by atoms with van der Waals surface area (Å²) in [6.07, 6.45) is 3.35. The number of nitrogens with two attached hydrogens (primary N) is 1. The number of benzene rings is 2. The molecule has 3 N–H and O–H groups in total. The van der Waals surface area contributed by atoms with Crippen LogP contribution in [0.1, 0.15) is 24.8 Å². The zero-order valence-corrected chi connectivity index (χ0v) is 18.3. The highest BCUT2D eigenvalue weighted by atomic mass is 35.5. The van der Waals surface area contributed by atoms with E-state index in [2.05, 4.69) is 45.5 Å². The summed E-state index contributed by atoms with van der Waals surface area (Å²) in [6, 6.07) is 16.0. The number of nitrogens with zero attached hydrogens (tertiary/aromatic N) is 2. The first-order valence-electron chi connectivity index (χ1n) is 10.4. The van der Waals surface area contributed by atoms with Crippen molar-refractivity contribution in [2.75, 3.05) is 38.7 Å². The van der Waals surface area contributed by atoms with E-state index in [1.807, 2.05) is 6.07 Å². The van der Waals surface area contributed by atoms with Crippen LogP contribution in [0.4, 0.5) is 5.69 Å². The predicted molar refractivity (Wildman–Crippen MR) is 123 cm³/mol. The Balaban J connectivity index is 1.29. The fourth-order valence-electron chi connectivity index (χ4n) is 3.52. The van der Waals surface area contributed by atoms with Gasteiger partial charge in [-0.3, -0.25) is 9.89 Å². The fraction of sp³-hybridized carbons (Fsp3) is 0.435. The number of nitrogens with one attached hydrogen (secondary N) is 1. The molecule has 7 heteroatoms. The lowest BCUT2D eigenvalue weighted by Crippen LogP contribution is -2.36. The molecule has 2 aromatic rings. The molecule has 1 heterocycles. The smallest absolute Gasteiger partial charge is 0.193 e. The number of hydrogen-bond donors (Lipinski definition) is 2. The number of ether oxygens (including phenoxy) is 2. The van der Waals surface area contributed by atoms with Crippen LogP contribution in [0, 0.1) is 0 Å². The highest BCUT2D eigenvalue weighted by Gasteiger charge is 2.19. The van der Waals surface area contributed by atoms with Crippen LogP contribution in [0.5, 0.6) is 5.75 Å². The highest BCUT2D eigenvalue weighted by molar-refractivity contribution is 6.32. The molecule has 3 rings (SSSR count). The van der Waals surface area contributed by atoms with Gasteiger partial charge in [0.15, 0.2) is 5.96 Å². The molecule has 1 saturated heterocycles. The van der Waals surface area contributed by atoms with Gasteiger partial charge in [0.1, 0.15) is 5.75 Å². The van der Waals surface area contributed by atoms with E-state index in [-0.39, 0.29) is 0 Å². The quantitative estimate of drug-likeness (QED) is 0.355. The van der Waals surface area contributed by atoms with E-state index in [9.17, 15) is 0 Å². The second kappa shape index (κ2) is 11.8. The molecular weight excluding hydrogens is 400 g/mol. The van der Waals surface area contributed by atoms with Crippen molar-refractivity contribution >= 4 is 23.2 Å². The molecule has 0 spiro atoms. The largest absolute Gasteiger partial charge is 0.495 e. The molecule has 0 saturated carbocycles. The van der Waals surface area contributed by atoms with E-state index < -0.39 is 0 Å². The Morgan fingerprint density at radius 1 is 1.20 bits per heavy atom. The van der Waals surface area contributed by atoms with Crippen LogP contribution in [-0.4, -0.2) is 50.3 Å². The minimum absolute atomic E-state index is 0.345. The third-order valence-electron chi connectivity index (χ3n) is 5.15. The molecule has 0 atom stereocenters. The van der Waals surface area contributed by atoms with E-state index in [1.54, 1.807) is 19.2 Å². The van der Waals surface area contributed by atoms with Gasteiger partial charge in [-0.25, -0.2) is 0 Å². The van der Waals surface area contributed by atoms with Crippen LogP contribution in [-0.2, 0) is 11.3 Å². The average molecular weight is 431 g/mol. The molecule has 1 aliphatic rings. The molecule has 0 radical (unpaired) electrons. The van der Waals surface area contributed by atoms with Gasteiger partial charge in [0.2, 0.25) is 0 Å². The number of anilines is 1. The molecule has 1 aliphatic heterocycles. The van der Waals surface area contributed by atoms with Gasteiger partial charge in [-0.1, -0.05) is 41.9 Å². The van der Waals surface area contributed by atoms with Gasteiger partial charge in [0.25, 0.3) is 0 Å². The number of guanidine groups is 1. The fourth-order valence-corrected chi connectivity index (χ4v) is 3.78. The van der Waals surface area contributed by atoms with Crippen molar-refractivity contribution in [3.05, 3.63) is 59.1 Å². The number of halogens is 1. The number of piperidine rings is 1. The monoisotopic (exact) mass is 430 g/mol. The highest BCUT2D eigenvalue weighted by Crippen LogP contribution is 2.27. The summed E-state index contributed by atoms with van der Waals surface area (Å²) < 4.78 is 11.2. The molecular formula is C23H31ClN4O2. The van der Waals surface area contributed by atoms with Gasteiger partial charge >= 0.3 is 0 Å². The van der Waals surface area contributed by atoms with Crippen LogP contribution in [0.3, 0.4) is 0 Å². The van der Waals surface area contributed by atoms with Crippen LogP contribution < -0.4 is 15.8 Å². The van der Waals surface area contributed by atoms with E-state index >= 15 is 0 Å². The Hall–Kier alpha value is -2.28. The molecule has 0 aromatic heterocycles. The number of rotatable bonds is 9. The molecule has 0 amide bonds. The molecule has 30 heavy (non-hydrogen) atoms. The minimum atomic E-state index is 0.345. The Morgan fingerprint density at radius 2 is 1.97 bits per heavy atom. The van der Waals surface area contributed by atoms with E-state index in [1.165, 1.54) is 5.56 Å². The van der Waals surface area contributed by atoms with Gasteiger partial charge in [-0.15, -0.1) is 0 Å². The average Bonchev–Trinajstić information content (AvgIpc) is 2.75. The molecule has 0 bridgehead atoms. The molecule has 0 aliphatic carbocycles. The van der Waals surface area contributed by atoms with Crippen molar-refractivity contribution in [1.29, 1.82) is 0 Å². The summed E-state index contributed by atoms with van der Waals surface area (Å²) in [7, 11) is 1.58. The first kappa shape index (κ1) is 22.4. The first-order valence-corrected chi connectivity index (χ1v) is 10.8. The molecule has 162 valence electrons. The second-order valence-corrected chi connectivity index (χ2v) is 7.83. The molecule has 0 unspecified atom stereocenters. The maximum Gasteiger partial charge on any atom is 0.193 e. The summed E-state index contributed by atoms with van der Waals surface area (Å²) in [6.45, 7) is 4.51. The van der Waals surface area contributed by atoms with Gasteiger partial charge < -0.3 is 20.5 Å². The number of methoxy groups -OCH3 is 1. The lowest BCUT2D eigenvalue weighted by Gasteiger charge is -2.31. The van der Waals surface area contributed by atoms with Crippen molar-refractivity contribution in [3.63, 3.8) is 0 Å². The van der Waals surface area contributed by atoms with Gasteiger partial charge in [0, 0.05) is 38.5 Å². The van der Waals surface area contributed by atoms with Crippen molar-refractivity contribution in [2.24, 2.45) is 10.7 Å². The third-order valence-corrected chi connectivity index (χ3v) is 5.44. The van der Waals surface area contributed by atoms with Crippen LogP contribution in [0.25, 0.3) is 0 Å². The van der Waals surface area contributed by atoms with E-state index in [4.69, 9.17) is 26.8 Å². The Labute approximate surface area is 184 Å². The standard InChI is InChI=1S/C23H31ClN4O2/c1-29-22-9-8-19(16-21(22)24)27-23(25)26-12-5-15-30-20-10-13-28(14-11-20)17-18-6-3-2-4-7-18/h2-4,6-9,16,20H,5,10-15,17H2,1H3,(H3,25,26,27). The molecule has 6 nitrogen and oxygen atoms in total. The van der Waals surface area contributed by atoms with Crippen LogP contribution in [0.15, 0.2) is 53.5 Å². The van der Waals surface area contributed by atoms with Crippen molar-refractivity contribution in [3.8, 4) is 5.75 Å². The van der Waals surface area contributed by atoms with Crippen molar-refractivity contribution in [2.45, 2.75) is 31.9 Å². The number of likely N-dealkylation sites (tertiary alicyclic amines) is 1.